The summed E-state index contributed by atoms with van der Waals surface area (Å²) in [5, 5.41) is 19.1. The number of nitrogens with one attached hydrogen (secondary N) is 1. The Hall–Kier alpha value is -3.26. The molecular formula is C20H21N5O2S. The monoisotopic (exact) mass is 395 g/mol. The largest absolute Gasteiger partial charge is 0.348 e. The van der Waals surface area contributed by atoms with Crippen LogP contribution in [0.15, 0.2) is 54.6 Å². The zero-order valence-electron chi connectivity index (χ0n) is 15.9. The Kier molecular flexibility index (Phi) is 5.70. The second-order valence-corrected chi connectivity index (χ2v) is 6.87. The molecular weight excluding hydrogens is 374 g/mol. The number of aryl methyl sites for hydroxylation is 1. The second kappa shape index (κ2) is 8.18. The number of para-hydroxylation sites is 1. The molecule has 0 saturated carbocycles. The van der Waals surface area contributed by atoms with Gasteiger partial charge in [0.15, 0.2) is 5.11 Å². The molecule has 28 heavy (non-hydrogen) atoms. The Balaban J connectivity index is 1.72. The fourth-order valence-electron chi connectivity index (χ4n) is 2.92. The number of aromatic nitrogens is 2. The number of nitrogens with zero attached hydrogens (tertiary/aromatic N) is 4. The molecule has 0 radical (unpaired) electrons. The summed E-state index contributed by atoms with van der Waals surface area (Å²) in [6.45, 7) is 4.63. The van der Waals surface area contributed by atoms with Gasteiger partial charge in [0.2, 0.25) is 0 Å². The van der Waals surface area contributed by atoms with E-state index >= 15 is 0 Å². The third-order valence-electron chi connectivity index (χ3n) is 4.51. The average molecular weight is 395 g/mol. The molecule has 0 unspecified atom stereocenters. The van der Waals surface area contributed by atoms with E-state index < -0.39 is 4.92 Å². The van der Waals surface area contributed by atoms with Crippen LogP contribution in [0.1, 0.15) is 17.0 Å². The van der Waals surface area contributed by atoms with Crippen molar-refractivity contribution in [3.8, 4) is 5.69 Å². The first-order valence-corrected chi connectivity index (χ1v) is 9.14. The number of hydrogen-bond acceptors (Lipinski definition) is 4. The van der Waals surface area contributed by atoms with Gasteiger partial charge in [0.05, 0.1) is 16.3 Å². The molecule has 0 amide bonds. The Morgan fingerprint density at radius 2 is 1.82 bits per heavy atom. The topological polar surface area (TPSA) is 76.2 Å². The van der Waals surface area contributed by atoms with E-state index in [1.807, 2.05) is 60.8 Å². The van der Waals surface area contributed by atoms with Gasteiger partial charge in [0, 0.05) is 42.7 Å². The lowest BCUT2D eigenvalue weighted by Gasteiger charge is -2.21. The van der Waals surface area contributed by atoms with Crippen LogP contribution in [0, 0.1) is 24.0 Å². The number of non-ortho nitro benzene ring substituents is 1. The highest BCUT2D eigenvalue weighted by Gasteiger charge is 2.16. The van der Waals surface area contributed by atoms with E-state index in [-0.39, 0.29) is 5.69 Å². The summed E-state index contributed by atoms with van der Waals surface area (Å²) in [6.07, 6.45) is 0. The summed E-state index contributed by atoms with van der Waals surface area (Å²) in [6, 6.07) is 16.2. The van der Waals surface area contributed by atoms with E-state index in [0.717, 1.165) is 22.6 Å². The van der Waals surface area contributed by atoms with Crippen LogP contribution in [0.25, 0.3) is 5.69 Å². The molecule has 3 aromatic rings. The maximum Gasteiger partial charge on any atom is 0.269 e. The molecule has 7 nitrogen and oxygen atoms in total. The zero-order valence-corrected chi connectivity index (χ0v) is 16.7. The minimum Gasteiger partial charge on any atom is -0.348 e. The lowest BCUT2D eigenvalue weighted by molar-refractivity contribution is -0.384. The molecule has 0 saturated heterocycles. The Morgan fingerprint density at radius 1 is 1.18 bits per heavy atom. The van der Waals surface area contributed by atoms with Crippen molar-refractivity contribution in [1.29, 1.82) is 0 Å². The molecule has 1 aromatic heterocycles. The Morgan fingerprint density at radius 3 is 2.43 bits per heavy atom. The quantitative estimate of drug-likeness (QED) is 0.396. The summed E-state index contributed by atoms with van der Waals surface area (Å²) >= 11 is 5.48. The van der Waals surface area contributed by atoms with Gasteiger partial charge in [-0.2, -0.15) is 5.10 Å². The van der Waals surface area contributed by atoms with Crippen molar-refractivity contribution in [3.05, 3.63) is 81.7 Å². The van der Waals surface area contributed by atoms with E-state index in [9.17, 15) is 10.1 Å². The first-order chi connectivity index (χ1) is 13.4. The van der Waals surface area contributed by atoms with Crippen molar-refractivity contribution in [2.75, 3.05) is 12.4 Å². The summed E-state index contributed by atoms with van der Waals surface area (Å²) in [5.74, 6) is 0. The molecule has 0 fully saturated rings. The predicted molar refractivity (Wildman–Crippen MR) is 114 cm³/mol. The maximum atomic E-state index is 10.8. The van der Waals surface area contributed by atoms with Crippen LogP contribution in [-0.2, 0) is 6.54 Å². The predicted octanol–water partition coefficient (Wildman–Crippen LogP) is 4.23. The molecule has 0 spiro atoms. The van der Waals surface area contributed by atoms with Gasteiger partial charge in [-0.3, -0.25) is 10.1 Å². The van der Waals surface area contributed by atoms with Crippen LogP contribution in [0.4, 0.5) is 11.4 Å². The second-order valence-electron chi connectivity index (χ2n) is 6.49. The van der Waals surface area contributed by atoms with Gasteiger partial charge in [-0.05, 0) is 50.3 Å². The van der Waals surface area contributed by atoms with E-state index in [1.165, 1.54) is 12.1 Å². The number of nitro benzene ring substituents is 1. The Labute approximate surface area is 168 Å². The molecule has 0 bridgehead atoms. The van der Waals surface area contributed by atoms with E-state index in [2.05, 4.69) is 10.4 Å². The van der Waals surface area contributed by atoms with Gasteiger partial charge in [-0.15, -0.1) is 0 Å². The van der Waals surface area contributed by atoms with Gasteiger partial charge in [0.25, 0.3) is 5.69 Å². The highest BCUT2D eigenvalue weighted by atomic mass is 32.1. The highest BCUT2D eigenvalue weighted by Crippen LogP contribution is 2.20. The summed E-state index contributed by atoms with van der Waals surface area (Å²) in [7, 11) is 1.90. The standard InChI is InChI=1S/C20H21N5O2S/c1-14-19(15(2)24(22-14)17-7-5-4-6-8-17)13-23(3)20(28)21-16-9-11-18(12-10-16)25(26)27/h4-12H,13H2,1-3H3,(H,21,28). The minimum absolute atomic E-state index is 0.0457. The molecule has 1 heterocycles. The van der Waals surface area contributed by atoms with Gasteiger partial charge in [0.1, 0.15) is 0 Å². The first kappa shape index (κ1) is 19.5. The van der Waals surface area contributed by atoms with Crippen molar-refractivity contribution in [2.24, 2.45) is 0 Å². The van der Waals surface area contributed by atoms with Crippen LogP contribution in [0.3, 0.4) is 0 Å². The summed E-state index contributed by atoms with van der Waals surface area (Å²) in [4.78, 5) is 12.3. The van der Waals surface area contributed by atoms with Crippen LogP contribution in [0.2, 0.25) is 0 Å². The van der Waals surface area contributed by atoms with Crippen molar-refractivity contribution in [2.45, 2.75) is 20.4 Å². The molecule has 144 valence electrons. The lowest BCUT2D eigenvalue weighted by atomic mass is 10.2. The van der Waals surface area contributed by atoms with Crippen molar-refractivity contribution >= 4 is 28.7 Å². The molecule has 8 heteroatoms. The van der Waals surface area contributed by atoms with Crippen LogP contribution < -0.4 is 5.32 Å². The number of benzene rings is 2. The van der Waals surface area contributed by atoms with Crippen LogP contribution in [0.5, 0.6) is 0 Å². The number of nitro groups is 1. The lowest BCUT2D eigenvalue weighted by Crippen LogP contribution is -2.30. The van der Waals surface area contributed by atoms with Gasteiger partial charge in [-0.25, -0.2) is 4.68 Å². The third-order valence-corrected chi connectivity index (χ3v) is 4.93. The van der Waals surface area contributed by atoms with Gasteiger partial charge >= 0.3 is 0 Å². The molecule has 0 aliphatic heterocycles. The average Bonchev–Trinajstić information content (AvgIpc) is 2.97. The molecule has 1 N–H and O–H groups in total. The summed E-state index contributed by atoms with van der Waals surface area (Å²) in [5.41, 5.74) is 4.89. The van der Waals surface area contributed by atoms with E-state index in [4.69, 9.17) is 12.2 Å². The van der Waals surface area contributed by atoms with Gasteiger partial charge < -0.3 is 10.2 Å². The molecule has 3 rings (SSSR count). The van der Waals surface area contributed by atoms with E-state index in [1.54, 1.807) is 12.1 Å². The third kappa shape index (κ3) is 4.17. The number of hydrogen-bond donors (Lipinski definition) is 1. The number of anilines is 1. The molecule has 2 aromatic carbocycles. The number of rotatable bonds is 5. The highest BCUT2D eigenvalue weighted by molar-refractivity contribution is 7.80. The summed E-state index contributed by atoms with van der Waals surface area (Å²) < 4.78 is 1.94. The zero-order chi connectivity index (χ0) is 20.3. The van der Waals surface area contributed by atoms with Crippen molar-refractivity contribution < 1.29 is 4.92 Å². The normalized spacial score (nSPS) is 10.5. The number of thiocarbonyl (C=S) groups is 1. The fraction of sp³-hybridized carbons (Fsp3) is 0.200. The first-order valence-electron chi connectivity index (χ1n) is 8.74. The molecule has 0 aliphatic carbocycles. The minimum atomic E-state index is -0.426. The van der Waals surface area contributed by atoms with Crippen LogP contribution in [-0.4, -0.2) is 31.8 Å². The van der Waals surface area contributed by atoms with Gasteiger partial charge in [-0.1, -0.05) is 18.2 Å². The Bertz CT molecular complexity index is 999. The maximum absolute atomic E-state index is 10.8. The smallest absolute Gasteiger partial charge is 0.269 e. The SMILES string of the molecule is Cc1nn(-c2ccccc2)c(C)c1CN(C)C(=S)Nc1ccc([N+](=O)[O-])cc1. The van der Waals surface area contributed by atoms with E-state index in [0.29, 0.717) is 17.3 Å². The fourth-order valence-corrected chi connectivity index (χ4v) is 3.10. The molecule has 0 aliphatic rings. The molecule has 0 atom stereocenters. The van der Waals surface area contributed by atoms with Crippen molar-refractivity contribution in [1.82, 2.24) is 14.7 Å². The van der Waals surface area contributed by atoms with Crippen molar-refractivity contribution in [3.63, 3.8) is 0 Å². The van der Waals surface area contributed by atoms with Crippen LogP contribution >= 0.6 is 12.2 Å².